The normalized spacial score (nSPS) is 31.1. The average Bonchev–Trinajstić information content (AvgIpc) is 3.10. The van der Waals surface area contributed by atoms with E-state index in [-0.39, 0.29) is 16.6 Å². The minimum Gasteiger partial charge on any atom is -0.508 e. The molecule has 2 aromatic rings. The van der Waals surface area contributed by atoms with Gasteiger partial charge in [-0.15, -0.1) is 0 Å². The third-order valence-corrected chi connectivity index (χ3v) is 9.23. The molecule has 4 bridgehead atoms. The van der Waals surface area contributed by atoms with Crippen LogP contribution in [0.1, 0.15) is 49.7 Å². The van der Waals surface area contributed by atoms with Crippen LogP contribution in [0, 0.1) is 17.8 Å². The number of carbonyl (C=O) groups is 2. The highest BCUT2D eigenvalue weighted by atomic mass is 35.5. The smallest absolute Gasteiger partial charge is 0.290 e. The Morgan fingerprint density at radius 1 is 1.00 bits per heavy atom. The van der Waals surface area contributed by atoms with Gasteiger partial charge in [0.2, 0.25) is 0 Å². The highest BCUT2D eigenvalue weighted by Crippen LogP contribution is 2.62. The van der Waals surface area contributed by atoms with E-state index in [9.17, 15) is 14.7 Å². The summed E-state index contributed by atoms with van der Waals surface area (Å²) in [6, 6.07) is 11.9. The number of phenolic OH excluding ortho intramolecular Hbond substituents is 1. The Bertz CT molecular complexity index is 1230. The van der Waals surface area contributed by atoms with Crippen molar-refractivity contribution < 1.29 is 14.7 Å². The van der Waals surface area contributed by atoms with Gasteiger partial charge in [-0.25, -0.2) is 0 Å². The van der Waals surface area contributed by atoms with E-state index in [2.05, 4.69) is 11.4 Å². The zero-order valence-corrected chi connectivity index (χ0v) is 20.3. The number of imide groups is 1. The molecule has 4 nitrogen and oxygen atoms in total. The summed E-state index contributed by atoms with van der Waals surface area (Å²) in [6.07, 6.45) is 12.9. The Hall–Kier alpha value is -2.50. The topological polar surface area (TPSA) is 66.4 Å². The number of benzene rings is 2. The van der Waals surface area contributed by atoms with E-state index >= 15 is 0 Å². The molecule has 2 N–H and O–H groups in total. The van der Waals surface area contributed by atoms with Gasteiger partial charge in [0.1, 0.15) is 5.75 Å². The molecule has 4 saturated carbocycles. The van der Waals surface area contributed by atoms with E-state index in [1.807, 2.05) is 36.4 Å². The maximum atomic E-state index is 11.6. The van der Waals surface area contributed by atoms with E-state index < -0.39 is 0 Å². The van der Waals surface area contributed by atoms with Gasteiger partial charge in [0, 0.05) is 16.1 Å². The predicted octanol–water partition coefficient (Wildman–Crippen LogP) is 7.06. The fourth-order valence-electron chi connectivity index (χ4n) is 7.12. The van der Waals surface area contributed by atoms with Crippen LogP contribution in [0.15, 0.2) is 53.5 Å². The van der Waals surface area contributed by atoms with Crippen molar-refractivity contribution in [3.05, 3.63) is 69.6 Å². The van der Waals surface area contributed by atoms with E-state index in [1.54, 1.807) is 12.2 Å². The van der Waals surface area contributed by atoms with Crippen molar-refractivity contribution >= 4 is 40.6 Å². The summed E-state index contributed by atoms with van der Waals surface area (Å²) in [5, 5.41) is 13.4. The number of halogens is 1. The lowest BCUT2D eigenvalue weighted by Gasteiger charge is -2.57. The zero-order chi connectivity index (χ0) is 23.4. The molecule has 5 aliphatic rings. The molecule has 2 amide bonds. The summed E-state index contributed by atoms with van der Waals surface area (Å²) in [7, 11) is 0. The third-order valence-electron chi connectivity index (χ3n) is 8.09. The van der Waals surface area contributed by atoms with Gasteiger partial charge in [-0.2, -0.15) is 0 Å². The van der Waals surface area contributed by atoms with Crippen LogP contribution in [0.4, 0.5) is 4.79 Å². The number of aromatic hydroxyl groups is 1. The van der Waals surface area contributed by atoms with Gasteiger partial charge in [-0.3, -0.25) is 14.9 Å². The molecular formula is C28H26ClNO3S. The lowest BCUT2D eigenvalue weighted by molar-refractivity contribution is -0.115. The molecule has 0 spiro atoms. The highest BCUT2D eigenvalue weighted by molar-refractivity contribution is 8.18. The number of thioether (sulfide) groups is 1. The number of phenols is 1. The quantitative estimate of drug-likeness (QED) is 0.449. The lowest BCUT2D eigenvalue weighted by atomic mass is 9.48. The van der Waals surface area contributed by atoms with Crippen molar-refractivity contribution in [2.75, 3.05) is 0 Å². The second-order valence-electron chi connectivity index (χ2n) is 10.4. The van der Waals surface area contributed by atoms with Gasteiger partial charge in [0.25, 0.3) is 11.1 Å². The Kier molecular flexibility index (Phi) is 5.38. The minimum atomic E-state index is -0.366. The predicted molar refractivity (Wildman–Crippen MR) is 137 cm³/mol. The molecule has 4 aliphatic carbocycles. The first-order valence-electron chi connectivity index (χ1n) is 11.9. The summed E-state index contributed by atoms with van der Waals surface area (Å²) in [5.74, 6) is 2.49. The SMILES string of the molecule is O=C1NC(=O)/C(=C/C=C/c2ccc(-c3ccc(O)c(C45CC6CC(CC(C6)C4)C5)c3)c(Cl)c2)S1. The zero-order valence-electron chi connectivity index (χ0n) is 18.7. The van der Waals surface area contributed by atoms with Crippen molar-refractivity contribution in [1.29, 1.82) is 0 Å². The second-order valence-corrected chi connectivity index (χ2v) is 11.8. The molecule has 0 radical (unpaired) electrons. The van der Waals surface area contributed by atoms with Crippen molar-refractivity contribution in [3.8, 4) is 16.9 Å². The van der Waals surface area contributed by atoms with Crippen LogP contribution in [0.3, 0.4) is 0 Å². The number of allylic oxidation sites excluding steroid dienone is 2. The average molecular weight is 492 g/mol. The van der Waals surface area contributed by atoms with Gasteiger partial charge in [0.05, 0.1) is 4.91 Å². The second kappa shape index (κ2) is 8.31. The molecule has 34 heavy (non-hydrogen) atoms. The summed E-state index contributed by atoms with van der Waals surface area (Å²) < 4.78 is 0. The highest BCUT2D eigenvalue weighted by Gasteiger charge is 2.52. The Labute approximate surface area is 208 Å². The standard InChI is InChI=1S/C28H26ClNO3S/c29-23-11-16(2-1-3-25-26(32)30-27(33)34-25)4-6-21(23)20-5-7-24(31)22(12-20)28-13-17-8-18(14-28)10-19(9-17)15-28/h1-7,11-12,17-19,31H,8-10,13-15H2,(H,30,32,33)/b2-1+,25-3-. The number of amides is 2. The van der Waals surface area contributed by atoms with Gasteiger partial charge < -0.3 is 5.11 Å². The van der Waals surface area contributed by atoms with E-state index in [0.717, 1.165) is 51.8 Å². The van der Waals surface area contributed by atoms with Crippen LogP contribution < -0.4 is 5.32 Å². The lowest BCUT2D eigenvalue weighted by Crippen LogP contribution is -2.48. The van der Waals surface area contributed by atoms with Crippen LogP contribution in [-0.4, -0.2) is 16.3 Å². The Morgan fingerprint density at radius 2 is 1.71 bits per heavy atom. The molecule has 2 aromatic carbocycles. The molecule has 5 fully saturated rings. The molecule has 1 saturated heterocycles. The molecule has 0 aromatic heterocycles. The summed E-state index contributed by atoms with van der Waals surface area (Å²) in [4.78, 5) is 23.3. The molecule has 7 rings (SSSR count). The van der Waals surface area contributed by atoms with Gasteiger partial charge >= 0.3 is 0 Å². The maximum absolute atomic E-state index is 11.6. The van der Waals surface area contributed by atoms with Crippen LogP contribution in [0.2, 0.25) is 5.02 Å². The number of hydrogen-bond acceptors (Lipinski definition) is 4. The number of hydrogen-bond donors (Lipinski definition) is 2. The Balaban J connectivity index is 1.27. The maximum Gasteiger partial charge on any atom is 0.290 e. The fraction of sp³-hybridized carbons (Fsp3) is 0.357. The van der Waals surface area contributed by atoms with Gasteiger partial charge in [-0.05, 0) is 109 Å². The van der Waals surface area contributed by atoms with Crippen molar-refractivity contribution in [2.45, 2.75) is 43.9 Å². The Morgan fingerprint density at radius 3 is 2.32 bits per heavy atom. The molecule has 174 valence electrons. The number of nitrogens with one attached hydrogen (secondary N) is 1. The number of carbonyl (C=O) groups excluding carboxylic acids is 2. The molecule has 1 aliphatic heterocycles. The first-order valence-corrected chi connectivity index (χ1v) is 13.1. The summed E-state index contributed by atoms with van der Waals surface area (Å²) in [5.41, 5.74) is 4.10. The monoisotopic (exact) mass is 491 g/mol. The van der Waals surface area contributed by atoms with Crippen LogP contribution in [0.25, 0.3) is 17.2 Å². The first-order chi connectivity index (χ1) is 16.4. The van der Waals surface area contributed by atoms with E-state index in [4.69, 9.17) is 11.6 Å². The summed E-state index contributed by atoms with van der Waals surface area (Å²) >= 11 is 7.60. The summed E-state index contributed by atoms with van der Waals surface area (Å²) in [6.45, 7) is 0. The largest absolute Gasteiger partial charge is 0.508 e. The molecule has 0 unspecified atom stereocenters. The van der Waals surface area contributed by atoms with Crippen LogP contribution in [0.5, 0.6) is 5.75 Å². The molecular weight excluding hydrogens is 466 g/mol. The van der Waals surface area contributed by atoms with Crippen LogP contribution in [-0.2, 0) is 10.2 Å². The van der Waals surface area contributed by atoms with Crippen molar-refractivity contribution in [1.82, 2.24) is 5.32 Å². The van der Waals surface area contributed by atoms with E-state index in [0.29, 0.717) is 15.7 Å². The first kappa shape index (κ1) is 22.0. The van der Waals surface area contributed by atoms with Crippen molar-refractivity contribution in [3.63, 3.8) is 0 Å². The third kappa shape index (κ3) is 3.89. The molecule has 6 heteroatoms. The molecule has 0 atom stereocenters. The van der Waals surface area contributed by atoms with Gasteiger partial charge in [0.15, 0.2) is 0 Å². The van der Waals surface area contributed by atoms with Gasteiger partial charge in [-0.1, -0.05) is 42.0 Å². The van der Waals surface area contributed by atoms with Crippen LogP contribution >= 0.6 is 23.4 Å². The van der Waals surface area contributed by atoms with Crippen molar-refractivity contribution in [2.24, 2.45) is 17.8 Å². The number of rotatable bonds is 4. The fourth-order valence-corrected chi connectivity index (χ4v) is 8.05. The molecule has 1 heterocycles. The minimum absolute atomic E-state index is 0.115. The van der Waals surface area contributed by atoms with E-state index in [1.165, 1.54) is 38.5 Å².